The van der Waals surface area contributed by atoms with Crippen LogP contribution in [0, 0.1) is 23.7 Å². The Morgan fingerprint density at radius 3 is 2.30 bits per heavy atom. The average Bonchev–Trinajstić information content (AvgIpc) is 2.46. The molecule has 0 spiro atoms. The van der Waals surface area contributed by atoms with Gasteiger partial charge >= 0.3 is 0 Å². The Morgan fingerprint density at radius 1 is 0.900 bits per heavy atom. The lowest BCUT2D eigenvalue weighted by atomic mass is 9.68. The summed E-state index contributed by atoms with van der Waals surface area (Å²) >= 11 is 0. The molecular formula is C19H37N. The van der Waals surface area contributed by atoms with E-state index in [1.165, 1.54) is 64.3 Å². The second kappa shape index (κ2) is 8.41. The highest BCUT2D eigenvalue weighted by Crippen LogP contribution is 2.41. The van der Waals surface area contributed by atoms with Crippen molar-refractivity contribution in [2.75, 3.05) is 6.54 Å². The molecule has 0 aromatic rings. The maximum absolute atomic E-state index is 3.72. The highest BCUT2D eigenvalue weighted by Gasteiger charge is 2.31. The van der Waals surface area contributed by atoms with Crippen molar-refractivity contribution in [2.24, 2.45) is 23.7 Å². The summed E-state index contributed by atoms with van der Waals surface area (Å²) in [5.41, 5.74) is 0. The fourth-order valence-electron chi connectivity index (χ4n) is 4.59. The molecule has 0 radical (unpaired) electrons. The molecule has 3 atom stereocenters. The maximum atomic E-state index is 3.72. The topological polar surface area (TPSA) is 12.0 Å². The summed E-state index contributed by atoms with van der Waals surface area (Å²) in [6.07, 6.45) is 15.0. The molecular weight excluding hydrogens is 242 g/mol. The lowest BCUT2D eigenvalue weighted by Crippen LogP contribution is -2.36. The third-order valence-electron chi connectivity index (χ3n) is 5.97. The van der Waals surface area contributed by atoms with E-state index in [4.69, 9.17) is 0 Å². The highest BCUT2D eigenvalue weighted by atomic mass is 14.9. The lowest BCUT2D eigenvalue weighted by Gasteiger charge is -2.39. The Labute approximate surface area is 127 Å². The quantitative estimate of drug-likeness (QED) is 0.686. The van der Waals surface area contributed by atoms with Crippen molar-refractivity contribution in [3.8, 4) is 0 Å². The van der Waals surface area contributed by atoms with Gasteiger partial charge in [0.25, 0.3) is 0 Å². The van der Waals surface area contributed by atoms with Crippen LogP contribution in [-0.4, -0.2) is 12.6 Å². The van der Waals surface area contributed by atoms with Crippen molar-refractivity contribution < 1.29 is 0 Å². The summed E-state index contributed by atoms with van der Waals surface area (Å²) in [6, 6.07) is 0.647. The fraction of sp³-hybridized carbons (Fsp3) is 1.00. The standard InChI is InChI=1S/C19H37N/c1-4-16-10-11-18(14-20-15(2)3)19(12-16)13-17-8-6-5-7-9-17/h15-20H,4-14H2,1-3H3. The molecule has 20 heavy (non-hydrogen) atoms. The van der Waals surface area contributed by atoms with Crippen LogP contribution in [0.3, 0.4) is 0 Å². The third-order valence-corrected chi connectivity index (χ3v) is 5.97. The number of hydrogen-bond acceptors (Lipinski definition) is 1. The molecule has 0 heterocycles. The zero-order chi connectivity index (χ0) is 14.4. The lowest BCUT2D eigenvalue weighted by molar-refractivity contribution is 0.132. The normalized spacial score (nSPS) is 32.7. The molecule has 1 nitrogen and oxygen atoms in total. The predicted octanol–water partition coefficient (Wildman–Crippen LogP) is 5.40. The first kappa shape index (κ1) is 16.3. The molecule has 118 valence electrons. The summed E-state index contributed by atoms with van der Waals surface area (Å²) in [5, 5.41) is 3.72. The maximum Gasteiger partial charge on any atom is 0.00104 e. The Bertz CT molecular complexity index is 254. The van der Waals surface area contributed by atoms with Crippen LogP contribution in [0.1, 0.15) is 85.0 Å². The molecule has 2 rings (SSSR count). The van der Waals surface area contributed by atoms with Crippen LogP contribution in [-0.2, 0) is 0 Å². The van der Waals surface area contributed by atoms with Crippen molar-refractivity contribution in [3.05, 3.63) is 0 Å². The van der Waals surface area contributed by atoms with Crippen LogP contribution in [0.5, 0.6) is 0 Å². The van der Waals surface area contributed by atoms with E-state index in [2.05, 4.69) is 26.1 Å². The zero-order valence-electron chi connectivity index (χ0n) is 14.2. The molecule has 2 fully saturated rings. The molecule has 1 N–H and O–H groups in total. The Morgan fingerprint density at radius 2 is 1.65 bits per heavy atom. The number of rotatable bonds is 6. The molecule has 1 heteroatoms. The van der Waals surface area contributed by atoms with Gasteiger partial charge in [0.2, 0.25) is 0 Å². The third kappa shape index (κ3) is 5.06. The van der Waals surface area contributed by atoms with E-state index >= 15 is 0 Å². The second-order valence-corrected chi connectivity index (χ2v) is 7.91. The Balaban J connectivity index is 1.86. The van der Waals surface area contributed by atoms with Crippen molar-refractivity contribution >= 4 is 0 Å². The van der Waals surface area contributed by atoms with Gasteiger partial charge in [0.05, 0.1) is 0 Å². The van der Waals surface area contributed by atoms with Crippen molar-refractivity contribution in [1.29, 1.82) is 0 Å². The van der Waals surface area contributed by atoms with Gasteiger partial charge < -0.3 is 5.32 Å². The van der Waals surface area contributed by atoms with Gasteiger partial charge in [0.1, 0.15) is 0 Å². The van der Waals surface area contributed by atoms with Gasteiger partial charge in [-0.05, 0) is 49.5 Å². The van der Waals surface area contributed by atoms with E-state index in [0.717, 1.165) is 23.7 Å². The zero-order valence-corrected chi connectivity index (χ0v) is 14.2. The average molecular weight is 280 g/mol. The molecule has 0 amide bonds. The first-order valence-corrected chi connectivity index (χ1v) is 9.42. The van der Waals surface area contributed by atoms with Gasteiger partial charge in [0.15, 0.2) is 0 Å². The minimum atomic E-state index is 0.647. The van der Waals surface area contributed by atoms with Gasteiger partial charge in [-0.1, -0.05) is 65.7 Å². The summed E-state index contributed by atoms with van der Waals surface area (Å²) < 4.78 is 0. The van der Waals surface area contributed by atoms with E-state index in [0.29, 0.717) is 6.04 Å². The number of hydrogen-bond donors (Lipinski definition) is 1. The van der Waals surface area contributed by atoms with E-state index < -0.39 is 0 Å². The summed E-state index contributed by atoms with van der Waals surface area (Å²) in [7, 11) is 0. The SMILES string of the molecule is CCC1CCC(CNC(C)C)C(CC2CCCCC2)C1. The van der Waals surface area contributed by atoms with Crippen LogP contribution < -0.4 is 5.32 Å². The van der Waals surface area contributed by atoms with Crippen LogP contribution >= 0.6 is 0 Å². The highest BCUT2D eigenvalue weighted by molar-refractivity contribution is 4.84. The van der Waals surface area contributed by atoms with Crippen LogP contribution in [0.15, 0.2) is 0 Å². The van der Waals surface area contributed by atoms with Gasteiger partial charge in [-0.2, -0.15) is 0 Å². The predicted molar refractivity (Wildman–Crippen MR) is 88.9 cm³/mol. The summed E-state index contributed by atoms with van der Waals surface area (Å²) in [6.45, 7) is 8.24. The van der Waals surface area contributed by atoms with Gasteiger partial charge in [-0.25, -0.2) is 0 Å². The van der Waals surface area contributed by atoms with Crippen LogP contribution in [0.2, 0.25) is 0 Å². The number of nitrogens with one attached hydrogen (secondary N) is 1. The van der Waals surface area contributed by atoms with E-state index in [9.17, 15) is 0 Å². The molecule has 0 aromatic heterocycles. The minimum absolute atomic E-state index is 0.647. The molecule has 2 saturated carbocycles. The molecule has 2 aliphatic rings. The van der Waals surface area contributed by atoms with E-state index in [-0.39, 0.29) is 0 Å². The van der Waals surface area contributed by atoms with Crippen molar-refractivity contribution in [1.82, 2.24) is 5.32 Å². The van der Waals surface area contributed by atoms with Crippen molar-refractivity contribution in [2.45, 2.75) is 91.0 Å². The smallest absolute Gasteiger partial charge is 0.00104 e. The largest absolute Gasteiger partial charge is 0.314 e. The van der Waals surface area contributed by atoms with Gasteiger partial charge in [0, 0.05) is 6.04 Å². The second-order valence-electron chi connectivity index (χ2n) is 7.91. The molecule has 0 aromatic carbocycles. The molecule has 0 saturated heterocycles. The minimum Gasteiger partial charge on any atom is -0.314 e. The van der Waals surface area contributed by atoms with Gasteiger partial charge in [-0.15, -0.1) is 0 Å². The van der Waals surface area contributed by atoms with E-state index in [1.54, 1.807) is 6.42 Å². The molecule has 3 unspecified atom stereocenters. The first-order valence-electron chi connectivity index (χ1n) is 9.42. The monoisotopic (exact) mass is 279 g/mol. The Kier molecular flexibility index (Phi) is 6.87. The van der Waals surface area contributed by atoms with Gasteiger partial charge in [-0.3, -0.25) is 0 Å². The van der Waals surface area contributed by atoms with E-state index in [1.807, 2.05) is 0 Å². The van der Waals surface area contributed by atoms with Crippen LogP contribution in [0.25, 0.3) is 0 Å². The molecule has 0 aliphatic heterocycles. The summed E-state index contributed by atoms with van der Waals surface area (Å²) in [4.78, 5) is 0. The van der Waals surface area contributed by atoms with Crippen LogP contribution in [0.4, 0.5) is 0 Å². The summed E-state index contributed by atoms with van der Waals surface area (Å²) in [5.74, 6) is 4.06. The Hall–Kier alpha value is -0.0400. The molecule has 0 bridgehead atoms. The first-order chi connectivity index (χ1) is 9.69. The fourth-order valence-corrected chi connectivity index (χ4v) is 4.59. The van der Waals surface area contributed by atoms with Crippen molar-refractivity contribution in [3.63, 3.8) is 0 Å². The molecule has 2 aliphatic carbocycles.